The highest BCUT2D eigenvalue weighted by Gasteiger charge is 2.30. The summed E-state index contributed by atoms with van der Waals surface area (Å²) in [5.41, 5.74) is 1.92. The van der Waals surface area contributed by atoms with Gasteiger partial charge in [-0.2, -0.15) is 0 Å². The van der Waals surface area contributed by atoms with Gasteiger partial charge in [0.1, 0.15) is 12.6 Å². The number of unbranched alkanes of at least 4 members (excludes halogenated alkanes) is 1. The van der Waals surface area contributed by atoms with Crippen LogP contribution in [0, 0.1) is 6.92 Å². The fraction of sp³-hybridized carbons (Fsp3) is 0.417. The molecule has 2 amide bonds. The van der Waals surface area contributed by atoms with E-state index in [9.17, 15) is 18.0 Å². The van der Waals surface area contributed by atoms with E-state index in [1.807, 2.05) is 13.8 Å². The standard InChI is InChI=1S/C24H31Cl2N3O4S/c1-5-6-13-27-24(31)18(3)28(15-19-9-10-20(25)14-22(19)26)23(30)16-29(34(4,32)33)21-11-7-17(2)8-12-21/h7-12,14,18H,5-6,13,15-16H2,1-4H3,(H,27,31)/t18-/m1/s1. The van der Waals surface area contributed by atoms with Crippen molar-refractivity contribution in [2.45, 2.75) is 46.2 Å². The molecule has 0 aliphatic carbocycles. The quantitative estimate of drug-likeness (QED) is 0.438. The zero-order valence-electron chi connectivity index (χ0n) is 19.8. The van der Waals surface area contributed by atoms with Gasteiger partial charge in [-0.05, 0) is 50.1 Å². The van der Waals surface area contributed by atoms with Gasteiger partial charge in [0.25, 0.3) is 0 Å². The summed E-state index contributed by atoms with van der Waals surface area (Å²) in [6.45, 7) is 5.55. The van der Waals surface area contributed by atoms with Crippen molar-refractivity contribution in [2.24, 2.45) is 0 Å². The molecule has 0 aliphatic heterocycles. The Bertz CT molecular complexity index is 1110. The second kappa shape index (κ2) is 12.4. The number of rotatable bonds is 11. The van der Waals surface area contributed by atoms with Crippen molar-refractivity contribution in [1.29, 1.82) is 0 Å². The highest BCUT2D eigenvalue weighted by molar-refractivity contribution is 7.92. The number of carbonyl (C=O) groups excluding carboxylic acids is 2. The number of hydrogen-bond donors (Lipinski definition) is 1. The van der Waals surface area contributed by atoms with E-state index in [1.54, 1.807) is 49.4 Å². The number of amides is 2. The first kappa shape index (κ1) is 28.0. The molecule has 0 bridgehead atoms. The highest BCUT2D eigenvalue weighted by Crippen LogP contribution is 2.24. The number of nitrogens with one attached hydrogen (secondary N) is 1. The van der Waals surface area contributed by atoms with Crippen LogP contribution in [0.25, 0.3) is 0 Å². The summed E-state index contributed by atoms with van der Waals surface area (Å²) in [6, 6.07) is 10.9. The first-order valence-corrected chi connectivity index (χ1v) is 13.6. The van der Waals surface area contributed by atoms with Gasteiger partial charge in [-0.15, -0.1) is 0 Å². The van der Waals surface area contributed by atoms with Crippen LogP contribution in [0.4, 0.5) is 5.69 Å². The molecule has 0 saturated carbocycles. The largest absolute Gasteiger partial charge is 0.354 e. The zero-order chi connectivity index (χ0) is 25.5. The second-order valence-corrected chi connectivity index (χ2v) is 10.9. The molecule has 186 valence electrons. The van der Waals surface area contributed by atoms with Crippen LogP contribution >= 0.6 is 23.2 Å². The minimum atomic E-state index is -3.77. The summed E-state index contributed by atoms with van der Waals surface area (Å²) in [7, 11) is -3.77. The maximum atomic E-state index is 13.5. The third-order valence-corrected chi connectivity index (χ3v) is 7.08. The lowest BCUT2D eigenvalue weighted by atomic mass is 10.1. The van der Waals surface area contributed by atoms with E-state index >= 15 is 0 Å². The van der Waals surface area contributed by atoms with Gasteiger partial charge in [-0.3, -0.25) is 13.9 Å². The molecular weight excluding hydrogens is 497 g/mol. The maximum Gasteiger partial charge on any atom is 0.244 e. The molecule has 2 aromatic rings. The molecule has 34 heavy (non-hydrogen) atoms. The van der Waals surface area contributed by atoms with Gasteiger partial charge in [-0.1, -0.05) is 60.3 Å². The lowest BCUT2D eigenvalue weighted by molar-refractivity contribution is -0.139. The monoisotopic (exact) mass is 527 g/mol. The molecule has 0 heterocycles. The van der Waals surface area contributed by atoms with Crippen molar-refractivity contribution < 1.29 is 18.0 Å². The Labute approximate surface area is 212 Å². The Balaban J connectivity index is 2.37. The molecule has 0 fully saturated rings. The van der Waals surface area contributed by atoms with E-state index in [0.29, 0.717) is 27.8 Å². The number of benzene rings is 2. The fourth-order valence-corrected chi connectivity index (χ4v) is 4.59. The number of nitrogens with zero attached hydrogens (tertiary/aromatic N) is 2. The molecule has 10 heteroatoms. The van der Waals surface area contributed by atoms with E-state index in [0.717, 1.165) is 29.0 Å². The summed E-state index contributed by atoms with van der Waals surface area (Å²) in [4.78, 5) is 27.6. The Morgan fingerprint density at radius 2 is 1.74 bits per heavy atom. The molecule has 0 unspecified atom stereocenters. The number of sulfonamides is 1. The second-order valence-electron chi connectivity index (χ2n) is 8.18. The molecule has 0 aliphatic rings. The third-order valence-electron chi connectivity index (χ3n) is 5.35. The number of anilines is 1. The lowest BCUT2D eigenvalue weighted by Crippen LogP contribution is -2.51. The number of aryl methyl sites for hydroxylation is 1. The molecule has 0 aromatic heterocycles. The van der Waals surface area contributed by atoms with E-state index in [4.69, 9.17) is 23.2 Å². The van der Waals surface area contributed by atoms with E-state index in [1.165, 1.54) is 4.90 Å². The topological polar surface area (TPSA) is 86.8 Å². The summed E-state index contributed by atoms with van der Waals surface area (Å²) in [5, 5.41) is 3.62. The van der Waals surface area contributed by atoms with Crippen LogP contribution in [0.1, 0.15) is 37.8 Å². The van der Waals surface area contributed by atoms with Gasteiger partial charge in [0, 0.05) is 23.1 Å². The average molecular weight is 529 g/mol. The Hall–Kier alpha value is -2.29. The SMILES string of the molecule is CCCCNC(=O)[C@@H](C)N(Cc1ccc(Cl)cc1Cl)C(=O)CN(c1ccc(C)cc1)S(C)(=O)=O. The van der Waals surface area contributed by atoms with Crippen LogP contribution in [0.3, 0.4) is 0 Å². The first-order valence-electron chi connectivity index (χ1n) is 11.0. The summed E-state index contributed by atoms with van der Waals surface area (Å²) < 4.78 is 26.1. The van der Waals surface area contributed by atoms with Crippen molar-refractivity contribution in [3.8, 4) is 0 Å². The smallest absolute Gasteiger partial charge is 0.244 e. The van der Waals surface area contributed by atoms with Gasteiger partial charge in [0.05, 0.1) is 11.9 Å². The van der Waals surface area contributed by atoms with Crippen molar-refractivity contribution in [3.63, 3.8) is 0 Å². The van der Waals surface area contributed by atoms with Crippen LogP contribution < -0.4 is 9.62 Å². The Kier molecular flexibility index (Phi) is 10.2. The zero-order valence-corrected chi connectivity index (χ0v) is 22.2. The predicted molar refractivity (Wildman–Crippen MR) is 138 cm³/mol. The van der Waals surface area contributed by atoms with Gasteiger partial charge in [0.15, 0.2) is 0 Å². The molecule has 0 radical (unpaired) electrons. The Morgan fingerprint density at radius 1 is 1.09 bits per heavy atom. The van der Waals surface area contributed by atoms with Gasteiger partial charge in [0.2, 0.25) is 21.8 Å². The molecule has 1 atom stereocenters. The molecule has 0 saturated heterocycles. The van der Waals surface area contributed by atoms with Crippen LogP contribution in [0.2, 0.25) is 10.0 Å². The minimum absolute atomic E-state index is 0.0166. The van der Waals surface area contributed by atoms with E-state index in [-0.39, 0.29) is 12.5 Å². The van der Waals surface area contributed by atoms with Crippen LogP contribution in [0.5, 0.6) is 0 Å². The molecule has 2 rings (SSSR count). The molecule has 0 spiro atoms. The first-order chi connectivity index (χ1) is 15.9. The molecule has 2 aromatic carbocycles. The lowest BCUT2D eigenvalue weighted by Gasteiger charge is -2.31. The maximum absolute atomic E-state index is 13.5. The summed E-state index contributed by atoms with van der Waals surface area (Å²) >= 11 is 12.3. The normalized spacial score (nSPS) is 12.2. The fourth-order valence-electron chi connectivity index (χ4n) is 3.28. The number of hydrogen-bond acceptors (Lipinski definition) is 4. The van der Waals surface area contributed by atoms with Gasteiger partial charge in [-0.25, -0.2) is 8.42 Å². The van der Waals surface area contributed by atoms with Crippen LogP contribution in [-0.4, -0.2) is 50.5 Å². The number of carbonyl (C=O) groups is 2. The average Bonchev–Trinajstić information content (AvgIpc) is 2.76. The van der Waals surface area contributed by atoms with Gasteiger partial charge >= 0.3 is 0 Å². The van der Waals surface area contributed by atoms with Crippen molar-refractivity contribution >= 4 is 50.7 Å². The summed E-state index contributed by atoms with van der Waals surface area (Å²) in [5.74, 6) is -0.858. The molecule has 1 N–H and O–H groups in total. The van der Waals surface area contributed by atoms with Crippen molar-refractivity contribution in [2.75, 3.05) is 23.7 Å². The summed E-state index contributed by atoms with van der Waals surface area (Å²) in [6.07, 6.45) is 2.77. The minimum Gasteiger partial charge on any atom is -0.354 e. The van der Waals surface area contributed by atoms with Gasteiger partial charge < -0.3 is 10.2 Å². The van der Waals surface area contributed by atoms with E-state index < -0.39 is 28.5 Å². The molecule has 7 nitrogen and oxygen atoms in total. The van der Waals surface area contributed by atoms with Crippen molar-refractivity contribution in [3.05, 3.63) is 63.6 Å². The highest BCUT2D eigenvalue weighted by atomic mass is 35.5. The number of halogens is 2. The van der Waals surface area contributed by atoms with Crippen molar-refractivity contribution in [1.82, 2.24) is 10.2 Å². The van der Waals surface area contributed by atoms with Crippen LogP contribution in [-0.2, 0) is 26.2 Å². The Morgan fingerprint density at radius 3 is 2.29 bits per heavy atom. The molecular formula is C24H31Cl2N3O4S. The van der Waals surface area contributed by atoms with Crippen LogP contribution in [0.15, 0.2) is 42.5 Å². The van der Waals surface area contributed by atoms with E-state index in [2.05, 4.69) is 5.32 Å². The predicted octanol–water partition coefficient (Wildman–Crippen LogP) is 4.40. The third kappa shape index (κ3) is 7.89.